The second-order valence-electron chi connectivity index (χ2n) is 6.92. The lowest BCUT2D eigenvalue weighted by Crippen LogP contribution is -2.31. The molecule has 30 heavy (non-hydrogen) atoms. The van der Waals surface area contributed by atoms with Gasteiger partial charge >= 0.3 is 0 Å². The summed E-state index contributed by atoms with van der Waals surface area (Å²) in [6.45, 7) is 5.64. The minimum atomic E-state index is -0.715. The number of benzene rings is 1. The molecule has 0 unspecified atom stereocenters. The van der Waals surface area contributed by atoms with Crippen LogP contribution in [0.15, 0.2) is 62.9 Å². The third kappa shape index (κ3) is 4.26. The zero-order chi connectivity index (χ0) is 21.8. The molecule has 8 heteroatoms. The average molecular weight is 423 g/mol. The molecule has 1 aromatic heterocycles. The van der Waals surface area contributed by atoms with E-state index in [1.54, 1.807) is 19.1 Å². The van der Waals surface area contributed by atoms with Crippen molar-refractivity contribution in [3.63, 3.8) is 0 Å². The van der Waals surface area contributed by atoms with Crippen molar-refractivity contribution >= 4 is 29.3 Å². The number of furan rings is 1. The normalized spacial score (nSPS) is 16.1. The lowest BCUT2D eigenvalue weighted by Gasteiger charge is -2.27. The summed E-state index contributed by atoms with van der Waals surface area (Å²) in [5.41, 5.74) is 9.50. The number of anilines is 1. The number of primary amides is 1. The molecule has 2 amide bonds. The van der Waals surface area contributed by atoms with E-state index >= 15 is 0 Å². The van der Waals surface area contributed by atoms with Gasteiger partial charge in [0.1, 0.15) is 5.76 Å². The zero-order valence-electron chi connectivity index (χ0n) is 16.9. The molecule has 154 valence electrons. The first-order valence-corrected chi connectivity index (χ1v) is 10.3. The van der Waals surface area contributed by atoms with E-state index < -0.39 is 11.8 Å². The fourth-order valence-electron chi connectivity index (χ4n) is 3.30. The SMILES string of the molecule is CC1=C(C(N)=O)[C@@H](c2ccco2)C(C#N)=C(SCC(=O)Nc2cccc(C)c2C)N1. The van der Waals surface area contributed by atoms with Crippen LogP contribution in [0.3, 0.4) is 0 Å². The molecule has 0 radical (unpaired) electrons. The van der Waals surface area contributed by atoms with Gasteiger partial charge in [-0.25, -0.2) is 0 Å². The van der Waals surface area contributed by atoms with Gasteiger partial charge in [-0.1, -0.05) is 23.9 Å². The Morgan fingerprint density at radius 1 is 1.27 bits per heavy atom. The summed E-state index contributed by atoms with van der Waals surface area (Å²) < 4.78 is 5.47. The Labute approximate surface area is 179 Å². The number of amides is 2. The number of hydrogen-bond acceptors (Lipinski definition) is 6. The van der Waals surface area contributed by atoms with Crippen LogP contribution in [-0.2, 0) is 9.59 Å². The Hall–Kier alpha value is -3.44. The van der Waals surface area contributed by atoms with Gasteiger partial charge in [-0.05, 0) is 50.1 Å². The third-order valence-electron chi connectivity index (χ3n) is 4.97. The van der Waals surface area contributed by atoms with E-state index in [4.69, 9.17) is 10.2 Å². The fraction of sp³-hybridized carbons (Fsp3) is 0.227. The van der Waals surface area contributed by atoms with Gasteiger partial charge in [0.15, 0.2) is 0 Å². The van der Waals surface area contributed by atoms with E-state index in [0.29, 0.717) is 16.5 Å². The molecule has 4 N–H and O–H groups in total. The van der Waals surface area contributed by atoms with Gasteiger partial charge in [-0.3, -0.25) is 9.59 Å². The van der Waals surface area contributed by atoms with Crippen molar-refractivity contribution in [2.45, 2.75) is 26.7 Å². The molecule has 7 nitrogen and oxygen atoms in total. The van der Waals surface area contributed by atoms with Crippen LogP contribution < -0.4 is 16.4 Å². The van der Waals surface area contributed by atoms with Crippen molar-refractivity contribution in [1.29, 1.82) is 5.26 Å². The minimum absolute atomic E-state index is 0.0882. The highest BCUT2D eigenvalue weighted by molar-refractivity contribution is 8.03. The van der Waals surface area contributed by atoms with Gasteiger partial charge in [0.2, 0.25) is 11.8 Å². The number of nitriles is 1. The Morgan fingerprint density at radius 2 is 2.03 bits per heavy atom. The van der Waals surface area contributed by atoms with Crippen molar-refractivity contribution in [3.05, 3.63) is 75.4 Å². The summed E-state index contributed by atoms with van der Waals surface area (Å²) in [5.74, 6) is -1.01. The Kier molecular flexibility index (Phi) is 6.33. The van der Waals surface area contributed by atoms with Crippen LogP contribution in [0, 0.1) is 25.2 Å². The molecular weight excluding hydrogens is 400 g/mol. The van der Waals surface area contributed by atoms with E-state index in [2.05, 4.69) is 16.7 Å². The summed E-state index contributed by atoms with van der Waals surface area (Å²) in [4.78, 5) is 24.6. The molecule has 0 saturated carbocycles. The number of dihydropyridines is 1. The summed E-state index contributed by atoms with van der Waals surface area (Å²) in [6, 6.07) is 11.2. The fourth-order valence-corrected chi connectivity index (χ4v) is 4.20. The molecule has 0 saturated heterocycles. The lowest BCUT2D eigenvalue weighted by atomic mass is 9.86. The summed E-state index contributed by atoms with van der Waals surface area (Å²) in [5, 5.41) is 16.3. The van der Waals surface area contributed by atoms with Crippen LogP contribution >= 0.6 is 11.8 Å². The predicted octanol–water partition coefficient (Wildman–Crippen LogP) is 3.45. The molecule has 0 fully saturated rings. The molecule has 0 aliphatic carbocycles. The summed E-state index contributed by atoms with van der Waals surface area (Å²) >= 11 is 1.19. The van der Waals surface area contributed by atoms with Crippen molar-refractivity contribution in [1.82, 2.24) is 5.32 Å². The smallest absolute Gasteiger partial charge is 0.247 e. The number of allylic oxidation sites excluding steroid dienone is 2. The highest BCUT2D eigenvalue weighted by Gasteiger charge is 2.35. The molecular formula is C22H22N4O3S. The first-order valence-electron chi connectivity index (χ1n) is 9.27. The first kappa shape index (κ1) is 21.3. The monoisotopic (exact) mass is 422 g/mol. The molecule has 1 aromatic carbocycles. The Morgan fingerprint density at radius 3 is 2.67 bits per heavy atom. The maximum Gasteiger partial charge on any atom is 0.247 e. The number of rotatable bonds is 6. The maximum atomic E-state index is 12.5. The summed E-state index contributed by atoms with van der Waals surface area (Å²) in [6.07, 6.45) is 1.48. The lowest BCUT2D eigenvalue weighted by molar-refractivity contribution is -0.115. The van der Waals surface area contributed by atoms with Crippen LogP contribution in [0.25, 0.3) is 0 Å². The largest absolute Gasteiger partial charge is 0.468 e. The van der Waals surface area contributed by atoms with Gasteiger partial charge < -0.3 is 20.8 Å². The Balaban J connectivity index is 1.83. The first-order chi connectivity index (χ1) is 14.3. The minimum Gasteiger partial charge on any atom is -0.468 e. The number of carbonyl (C=O) groups is 2. The van der Waals surface area contributed by atoms with Gasteiger partial charge in [0.25, 0.3) is 0 Å². The second-order valence-corrected chi connectivity index (χ2v) is 7.90. The van der Waals surface area contributed by atoms with E-state index in [1.165, 1.54) is 18.0 Å². The number of aryl methyl sites for hydroxylation is 1. The van der Waals surface area contributed by atoms with Crippen molar-refractivity contribution < 1.29 is 14.0 Å². The zero-order valence-corrected chi connectivity index (χ0v) is 17.7. The van der Waals surface area contributed by atoms with Gasteiger partial charge in [-0.2, -0.15) is 5.26 Å². The molecule has 2 heterocycles. The van der Waals surface area contributed by atoms with Crippen molar-refractivity contribution in [2.24, 2.45) is 5.73 Å². The standard InChI is InChI=1S/C22H22N4O3S/c1-12-6-4-7-16(13(12)2)26-18(27)11-30-22-15(10-23)20(17-8-5-9-29-17)19(21(24)28)14(3)25-22/h4-9,20,25H,11H2,1-3H3,(H2,24,28)(H,26,27)/t20-/m1/s1. The van der Waals surface area contributed by atoms with Crippen LogP contribution in [0.1, 0.15) is 29.7 Å². The van der Waals surface area contributed by atoms with Gasteiger partial charge in [0, 0.05) is 11.4 Å². The molecule has 1 aliphatic heterocycles. The second kappa shape index (κ2) is 8.93. The predicted molar refractivity (Wildman–Crippen MR) is 116 cm³/mol. The number of nitrogens with zero attached hydrogens (tertiary/aromatic N) is 1. The molecule has 1 atom stereocenters. The highest BCUT2D eigenvalue weighted by Crippen LogP contribution is 2.40. The van der Waals surface area contributed by atoms with Crippen LogP contribution in [-0.4, -0.2) is 17.6 Å². The topological polar surface area (TPSA) is 121 Å². The molecule has 0 bridgehead atoms. The van der Waals surface area contributed by atoms with Crippen LogP contribution in [0.2, 0.25) is 0 Å². The Bertz CT molecular complexity index is 1090. The number of thioether (sulfide) groups is 1. The summed E-state index contributed by atoms with van der Waals surface area (Å²) in [7, 11) is 0. The van der Waals surface area contributed by atoms with Crippen LogP contribution in [0.5, 0.6) is 0 Å². The quantitative estimate of drug-likeness (QED) is 0.656. The van der Waals surface area contributed by atoms with E-state index in [0.717, 1.165) is 16.8 Å². The third-order valence-corrected chi connectivity index (χ3v) is 5.98. The average Bonchev–Trinajstić information content (AvgIpc) is 3.23. The van der Waals surface area contributed by atoms with E-state index in [-0.39, 0.29) is 22.8 Å². The maximum absolute atomic E-state index is 12.5. The van der Waals surface area contributed by atoms with E-state index in [9.17, 15) is 14.9 Å². The number of hydrogen-bond donors (Lipinski definition) is 3. The van der Waals surface area contributed by atoms with Crippen molar-refractivity contribution in [3.8, 4) is 6.07 Å². The highest BCUT2D eigenvalue weighted by atomic mass is 32.2. The molecule has 1 aliphatic rings. The van der Waals surface area contributed by atoms with Crippen molar-refractivity contribution in [2.75, 3.05) is 11.1 Å². The molecule has 0 spiro atoms. The van der Waals surface area contributed by atoms with Gasteiger partial charge in [0.05, 0.1) is 40.2 Å². The van der Waals surface area contributed by atoms with Gasteiger partial charge in [-0.15, -0.1) is 0 Å². The van der Waals surface area contributed by atoms with Crippen LogP contribution in [0.4, 0.5) is 5.69 Å². The number of carbonyl (C=O) groups excluding carboxylic acids is 2. The molecule has 3 rings (SSSR count). The number of nitrogens with two attached hydrogens (primary N) is 1. The number of nitrogens with one attached hydrogen (secondary N) is 2. The molecule has 2 aromatic rings. The van der Waals surface area contributed by atoms with E-state index in [1.807, 2.05) is 32.0 Å².